The summed E-state index contributed by atoms with van der Waals surface area (Å²) in [5.74, 6) is 0.899. The molecule has 1 aliphatic heterocycles. The highest BCUT2D eigenvalue weighted by Crippen LogP contribution is 2.25. The number of halogens is 2. The zero-order valence-corrected chi connectivity index (χ0v) is 12.6. The maximum absolute atomic E-state index is 3.58. The van der Waals surface area contributed by atoms with Gasteiger partial charge in [-0.05, 0) is 59.9 Å². The van der Waals surface area contributed by atoms with Gasteiger partial charge in [0.1, 0.15) is 0 Å². The Hall–Kier alpha value is 0.620. The summed E-state index contributed by atoms with van der Waals surface area (Å²) in [4.78, 5) is 4.04. The van der Waals surface area contributed by atoms with E-state index in [-0.39, 0.29) is 0 Å². The van der Waals surface area contributed by atoms with Crippen molar-refractivity contribution in [2.75, 3.05) is 18.4 Å². The number of nitrogens with zero attached hydrogens (tertiary/aromatic N) is 1. The second kappa shape index (κ2) is 5.80. The van der Waals surface area contributed by atoms with Gasteiger partial charge >= 0.3 is 0 Å². The van der Waals surface area contributed by atoms with E-state index in [1.54, 1.807) is 0 Å². The summed E-state index contributed by atoms with van der Waals surface area (Å²) in [7, 11) is 0. The van der Waals surface area contributed by atoms with E-state index in [1.165, 1.54) is 39.9 Å². The molecule has 15 heavy (non-hydrogen) atoms. The Bertz CT molecular complexity index is 305. The van der Waals surface area contributed by atoms with E-state index in [2.05, 4.69) is 48.9 Å². The number of thiophene rings is 1. The van der Waals surface area contributed by atoms with E-state index in [0.717, 1.165) is 12.5 Å². The molecule has 0 atom stereocenters. The molecule has 1 aliphatic rings. The van der Waals surface area contributed by atoms with Gasteiger partial charge in [0, 0.05) is 16.8 Å². The lowest BCUT2D eigenvalue weighted by molar-refractivity contribution is 0.189. The zero-order chi connectivity index (χ0) is 10.7. The lowest BCUT2D eigenvalue weighted by atomic mass is 9.99. The Morgan fingerprint density at radius 2 is 2.07 bits per heavy atom. The average molecular weight is 353 g/mol. The normalized spacial score (nSPS) is 19.6. The van der Waals surface area contributed by atoms with Crippen LogP contribution in [-0.4, -0.2) is 23.3 Å². The van der Waals surface area contributed by atoms with E-state index in [1.807, 2.05) is 11.3 Å². The zero-order valence-electron chi connectivity index (χ0n) is 8.59. The molecule has 0 unspecified atom stereocenters. The summed E-state index contributed by atoms with van der Waals surface area (Å²) in [6.07, 6.45) is 2.69. The van der Waals surface area contributed by atoms with Gasteiger partial charge in [0.05, 0.1) is 3.79 Å². The topological polar surface area (TPSA) is 3.24 Å². The highest BCUT2D eigenvalue weighted by atomic mass is 79.9. The Kier molecular flexibility index (Phi) is 4.68. The summed E-state index contributed by atoms with van der Waals surface area (Å²) in [5, 5.41) is 1.17. The van der Waals surface area contributed by atoms with Crippen molar-refractivity contribution in [3.63, 3.8) is 0 Å². The minimum absolute atomic E-state index is 0.899. The molecular formula is C11H15Br2NS. The molecular weight excluding hydrogens is 338 g/mol. The molecule has 0 saturated carbocycles. The fourth-order valence-corrected chi connectivity index (χ4v) is 4.13. The number of rotatable bonds is 3. The van der Waals surface area contributed by atoms with Gasteiger partial charge in [0.15, 0.2) is 0 Å². The maximum Gasteiger partial charge on any atom is 0.0701 e. The molecule has 0 bridgehead atoms. The number of alkyl halides is 1. The Labute approximate surface area is 112 Å². The third kappa shape index (κ3) is 3.55. The average Bonchev–Trinajstić information content (AvgIpc) is 2.65. The molecule has 1 nitrogen and oxygen atoms in total. The van der Waals surface area contributed by atoms with Crippen LogP contribution in [0.2, 0.25) is 0 Å². The molecule has 0 aliphatic carbocycles. The first-order valence-corrected chi connectivity index (χ1v) is 8.03. The molecule has 0 radical (unpaired) electrons. The molecule has 1 saturated heterocycles. The third-order valence-electron chi connectivity index (χ3n) is 2.93. The maximum atomic E-state index is 3.58. The van der Waals surface area contributed by atoms with Crippen LogP contribution in [0.25, 0.3) is 0 Å². The van der Waals surface area contributed by atoms with Gasteiger partial charge < -0.3 is 0 Å². The monoisotopic (exact) mass is 351 g/mol. The SMILES string of the molecule is BrCC1CCN(Cc2ccc(Br)s2)CC1. The van der Waals surface area contributed by atoms with Gasteiger partial charge in [-0.15, -0.1) is 11.3 Å². The van der Waals surface area contributed by atoms with E-state index in [4.69, 9.17) is 0 Å². The molecule has 2 heterocycles. The number of hydrogen-bond donors (Lipinski definition) is 0. The minimum atomic E-state index is 0.899. The van der Waals surface area contributed by atoms with Crippen molar-refractivity contribution >= 4 is 43.2 Å². The van der Waals surface area contributed by atoms with Crippen molar-refractivity contribution in [3.8, 4) is 0 Å². The first-order chi connectivity index (χ1) is 7.28. The largest absolute Gasteiger partial charge is 0.298 e. The van der Waals surface area contributed by atoms with Crippen molar-refractivity contribution in [2.45, 2.75) is 19.4 Å². The second-order valence-electron chi connectivity index (χ2n) is 4.08. The Balaban J connectivity index is 1.82. The smallest absolute Gasteiger partial charge is 0.0701 e. The summed E-state index contributed by atoms with van der Waals surface area (Å²) >= 11 is 8.94. The van der Waals surface area contributed by atoms with Gasteiger partial charge in [-0.3, -0.25) is 4.90 Å². The van der Waals surface area contributed by atoms with E-state index in [9.17, 15) is 0 Å². The molecule has 84 valence electrons. The highest BCUT2D eigenvalue weighted by Gasteiger charge is 2.18. The molecule has 1 fully saturated rings. The second-order valence-corrected chi connectivity index (χ2v) is 7.27. The fourth-order valence-electron chi connectivity index (χ4n) is 1.96. The van der Waals surface area contributed by atoms with Crippen LogP contribution in [0.5, 0.6) is 0 Å². The predicted octanol–water partition coefficient (Wildman–Crippen LogP) is 4.12. The first-order valence-electron chi connectivity index (χ1n) is 5.30. The van der Waals surface area contributed by atoms with Crippen LogP contribution in [0.3, 0.4) is 0 Å². The summed E-state index contributed by atoms with van der Waals surface area (Å²) in [5.41, 5.74) is 0. The van der Waals surface area contributed by atoms with E-state index in [0.29, 0.717) is 0 Å². The summed E-state index contributed by atoms with van der Waals surface area (Å²) < 4.78 is 1.24. The van der Waals surface area contributed by atoms with Gasteiger partial charge in [-0.25, -0.2) is 0 Å². The lowest BCUT2D eigenvalue weighted by Crippen LogP contribution is -2.33. The third-order valence-corrected chi connectivity index (χ3v) is 5.46. The first kappa shape index (κ1) is 12.1. The molecule has 0 aromatic carbocycles. The van der Waals surface area contributed by atoms with Crippen LogP contribution in [-0.2, 0) is 6.54 Å². The van der Waals surface area contributed by atoms with Crippen molar-refractivity contribution in [2.24, 2.45) is 5.92 Å². The van der Waals surface area contributed by atoms with E-state index >= 15 is 0 Å². The Morgan fingerprint density at radius 1 is 1.33 bits per heavy atom. The van der Waals surface area contributed by atoms with Crippen LogP contribution in [0.4, 0.5) is 0 Å². The van der Waals surface area contributed by atoms with Crippen molar-refractivity contribution in [1.29, 1.82) is 0 Å². The van der Waals surface area contributed by atoms with Gasteiger partial charge in [0.25, 0.3) is 0 Å². The molecule has 0 N–H and O–H groups in total. The van der Waals surface area contributed by atoms with Gasteiger partial charge in [-0.1, -0.05) is 15.9 Å². The molecule has 0 amide bonds. The number of likely N-dealkylation sites (tertiary alicyclic amines) is 1. The molecule has 1 aromatic rings. The van der Waals surface area contributed by atoms with Crippen LogP contribution in [0.15, 0.2) is 15.9 Å². The van der Waals surface area contributed by atoms with Crippen LogP contribution < -0.4 is 0 Å². The van der Waals surface area contributed by atoms with Gasteiger partial charge in [0.2, 0.25) is 0 Å². The predicted molar refractivity (Wildman–Crippen MR) is 73.8 cm³/mol. The van der Waals surface area contributed by atoms with Crippen LogP contribution >= 0.6 is 43.2 Å². The number of piperidine rings is 1. The summed E-state index contributed by atoms with van der Waals surface area (Å²) in [6, 6.07) is 4.37. The highest BCUT2D eigenvalue weighted by molar-refractivity contribution is 9.11. The summed E-state index contributed by atoms with van der Waals surface area (Å²) in [6.45, 7) is 3.64. The molecule has 0 spiro atoms. The van der Waals surface area contributed by atoms with Crippen molar-refractivity contribution < 1.29 is 0 Å². The van der Waals surface area contributed by atoms with Crippen LogP contribution in [0, 0.1) is 5.92 Å². The molecule has 1 aromatic heterocycles. The van der Waals surface area contributed by atoms with Crippen molar-refractivity contribution in [1.82, 2.24) is 4.90 Å². The van der Waals surface area contributed by atoms with Crippen molar-refractivity contribution in [3.05, 3.63) is 20.8 Å². The fraction of sp³-hybridized carbons (Fsp3) is 0.636. The van der Waals surface area contributed by atoms with Gasteiger partial charge in [-0.2, -0.15) is 0 Å². The molecule has 2 rings (SSSR count). The van der Waals surface area contributed by atoms with Crippen LogP contribution in [0.1, 0.15) is 17.7 Å². The van der Waals surface area contributed by atoms with E-state index < -0.39 is 0 Å². The standard InChI is InChI=1S/C11H15Br2NS/c12-7-9-3-5-14(6-4-9)8-10-1-2-11(13)15-10/h1-2,9H,3-8H2. The number of hydrogen-bond acceptors (Lipinski definition) is 2. The Morgan fingerprint density at radius 3 is 2.60 bits per heavy atom. The molecule has 4 heteroatoms. The minimum Gasteiger partial charge on any atom is -0.298 e. The lowest BCUT2D eigenvalue weighted by Gasteiger charge is -2.30. The quantitative estimate of drug-likeness (QED) is 0.739.